The quantitative estimate of drug-likeness (QED) is 0.460. The van der Waals surface area contributed by atoms with Gasteiger partial charge in [0, 0.05) is 12.1 Å². The highest BCUT2D eigenvalue weighted by atomic mass is 32.2. The van der Waals surface area contributed by atoms with Gasteiger partial charge < -0.3 is 8.60 Å². The Morgan fingerprint density at radius 2 is 1.66 bits per heavy atom. The molecule has 5 nitrogen and oxygen atoms in total. The highest BCUT2D eigenvalue weighted by Crippen LogP contribution is 2.26. The molecule has 0 aliphatic rings. The van der Waals surface area contributed by atoms with E-state index in [-0.39, 0.29) is 22.1 Å². The summed E-state index contributed by atoms with van der Waals surface area (Å²) in [5.74, 6) is -2.37. The fourth-order valence-corrected chi connectivity index (χ4v) is 3.81. The highest BCUT2D eigenvalue weighted by Gasteiger charge is 2.22. The summed E-state index contributed by atoms with van der Waals surface area (Å²) in [7, 11) is -4.55. The van der Waals surface area contributed by atoms with Crippen LogP contribution in [0.15, 0.2) is 87.1 Å². The Kier molecular flexibility index (Phi) is 4.63. The summed E-state index contributed by atoms with van der Waals surface area (Å²) in [5, 5.41) is 0.226. The van der Waals surface area contributed by atoms with Gasteiger partial charge in [-0.25, -0.2) is 8.78 Å². The standard InChI is InChI=1S/C21H12F2O5S/c22-14-6-9-20(18(23)10-14)29(25,26)28-15-7-8-16-19(11-15)27-12-17(21(16)24)13-4-2-1-3-5-13/h1-12H. The van der Waals surface area contributed by atoms with Crippen molar-refractivity contribution in [3.05, 3.63) is 94.9 Å². The van der Waals surface area contributed by atoms with Crippen LogP contribution in [0.5, 0.6) is 5.75 Å². The number of halogens is 2. The van der Waals surface area contributed by atoms with Gasteiger partial charge in [0.2, 0.25) is 0 Å². The molecule has 0 fully saturated rings. The first-order chi connectivity index (χ1) is 13.8. The van der Waals surface area contributed by atoms with E-state index in [4.69, 9.17) is 8.60 Å². The fourth-order valence-electron chi connectivity index (χ4n) is 2.83. The molecule has 0 radical (unpaired) electrons. The van der Waals surface area contributed by atoms with Crippen molar-refractivity contribution < 1.29 is 25.8 Å². The van der Waals surface area contributed by atoms with Crippen LogP contribution < -0.4 is 9.61 Å². The Hall–Kier alpha value is -3.52. The number of benzene rings is 3. The average Bonchev–Trinajstić information content (AvgIpc) is 2.68. The van der Waals surface area contributed by atoms with E-state index in [0.29, 0.717) is 17.2 Å². The van der Waals surface area contributed by atoms with Crippen LogP contribution in [0.3, 0.4) is 0 Å². The van der Waals surface area contributed by atoms with E-state index in [1.54, 1.807) is 24.3 Å². The lowest BCUT2D eigenvalue weighted by atomic mass is 10.1. The molecule has 8 heteroatoms. The summed E-state index contributed by atoms with van der Waals surface area (Å²) in [4.78, 5) is 11.9. The summed E-state index contributed by atoms with van der Waals surface area (Å²) < 4.78 is 61.8. The van der Waals surface area contributed by atoms with Crippen LogP contribution in [0.2, 0.25) is 0 Å². The van der Waals surface area contributed by atoms with Crippen LogP contribution in [0.25, 0.3) is 22.1 Å². The van der Waals surface area contributed by atoms with Crippen molar-refractivity contribution in [3.8, 4) is 16.9 Å². The Morgan fingerprint density at radius 3 is 2.38 bits per heavy atom. The van der Waals surface area contributed by atoms with Crippen molar-refractivity contribution in [1.82, 2.24) is 0 Å². The lowest BCUT2D eigenvalue weighted by Crippen LogP contribution is -2.12. The molecule has 0 atom stereocenters. The topological polar surface area (TPSA) is 73.6 Å². The van der Waals surface area contributed by atoms with Crippen LogP contribution in [0.1, 0.15) is 0 Å². The van der Waals surface area contributed by atoms with E-state index in [2.05, 4.69) is 0 Å². The maximum atomic E-state index is 13.8. The molecule has 0 spiro atoms. The smallest absolute Gasteiger partial charge is 0.342 e. The molecule has 1 heterocycles. The average molecular weight is 414 g/mol. The van der Waals surface area contributed by atoms with E-state index in [1.807, 2.05) is 6.07 Å². The molecule has 0 saturated heterocycles. The molecule has 3 aromatic carbocycles. The van der Waals surface area contributed by atoms with Gasteiger partial charge in [-0.1, -0.05) is 30.3 Å². The SMILES string of the molecule is O=c1c(-c2ccccc2)coc2cc(OS(=O)(=O)c3ccc(F)cc3F)ccc12. The number of hydrogen-bond donors (Lipinski definition) is 0. The molecule has 4 rings (SSSR count). The predicted molar refractivity (Wildman–Crippen MR) is 102 cm³/mol. The number of hydrogen-bond acceptors (Lipinski definition) is 5. The van der Waals surface area contributed by atoms with Gasteiger partial charge in [0.1, 0.15) is 34.1 Å². The first-order valence-corrected chi connectivity index (χ1v) is 9.76. The molecule has 0 aliphatic heterocycles. The van der Waals surface area contributed by atoms with E-state index in [9.17, 15) is 22.0 Å². The molecular formula is C21H12F2O5S. The van der Waals surface area contributed by atoms with Crippen molar-refractivity contribution in [2.24, 2.45) is 0 Å². The second-order valence-corrected chi connectivity index (χ2v) is 7.63. The van der Waals surface area contributed by atoms with Gasteiger partial charge in [-0.15, -0.1) is 0 Å². The van der Waals surface area contributed by atoms with Crippen molar-refractivity contribution in [2.45, 2.75) is 4.90 Å². The minimum Gasteiger partial charge on any atom is -0.463 e. The van der Waals surface area contributed by atoms with Gasteiger partial charge in [0.15, 0.2) is 5.43 Å². The molecule has 0 N–H and O–H groups in total. The lowest BCUT2D eigenvalue weighted by Gasteiger charge is -2.09. The zero-order valence-electron chi connectivity index (χ0n) is 14.6. The van der Waals surface area contributed by atoms with Crippen molar-refractivity contribution in [3.63, 3.8) is 0 Å². The first kappa shape index (κ1) is 18.8. The summed E-state index contributed by atoms with van der Waals surface area (Å²) in [6, 6.07) is 14.8. The zero-order valence-corrected chi connectivity index (χ0v) is 15.5. The van der Waals surface area contributed by atoms with Gasteiger partial charge in [0.05, 0.1) is 10.9 Å². The van der Waals surface area contributed by atoms with Crippen LogP contribution in [0, 0.1) is 11.6 Å². The van der Waals surface area contributed by atoms with Crippen LogP contribution in [0.4, 0.5) is 8.78 Å². The third kappa shape index (κ3) is 3.62. The highest BCUT2D eigenvalue weighted by molar-refractivity contribution is 7.87. The van der Waals surface area contributed by atoms with Gasteiger partial charge >= 0.3 is 10.1 Å². The van der Waals surface area contributed by atoms with Gasteiger partial charge in [0.25, 0.3) is 0 Å². The predicted octanol–water partition coefficient (Wildman–Crippen LogP) is 4.51. The fraction of sp³-hybridized carbons (Fsp3) is 0. The van der Waals surface area contributed by atoms with E-state index >= 15 is 0 Å². The first-order valence-electron chi connectivity index (χ1n) is 8.36. The molecule has 0 aliphatic carbocycles. The number of fused-ring (bicyclic) bond motifs is 1. The van der Waals surface area contributed by atoms with Crippen LogP contribution >= 0.6 is 0 Å². The normalized spacial score (nSPS) is 11.5. The van der Waals surface area contributed by atoms with E-state index in [1.165, 1.54) is 24.5 Å². The molecule has 0 bridgehead atoms. The molecule has 1 aromatic heterocycles. The van der Waals surface area contributed by atoms with Crippen LogP contribution in [-0.2, 0) is 10.1 Å². The largest absolute Gasteiger partial charge is 0.463 e. The Morgan fingerprint density at radius 1 is 0.897 bits per heavy atom. The Bertz CT molecular complexity index is 1380. The van der Waals surface area contributed by atoms with Crippen molar-refractivity contribution in [1.29, 1.82) is 0 Å². The van der Waals surface area contributed by atoms with Gasteiger partial charge in [-0.05, 0) is 29.8 Å². The lowest BCUT2D eigenvalue weighted by molar-refractivity contribution is 0.474. The minimum atomic E-state index is -4.55. The molecule has 0 unspecified atom stereocenters. The molecule has 0 amide bonds. The molecule has 146 valence electrons. The number of rotatable bonds is 4. The molecule has 4 aromatic rings. The van der Waals surface area contributed by atoms with Gasteiger partial charge in [-0.2, -0.15) is 8.42 Å². The maximum absolute atomic E-state index is 13.8. The maximum Gasteiger partial charge on any atom is 0.342 e. The van der Waals surface area contributed by atoms with E-state index < -0.39 is 26.6 Å². The summed E-state index contributed by atoms with van der Waals surface area (Å²) in [6.07, 6.45) is 1.28. The third-order valence-corrected chi connectivity index (χ3v) is 5.48. The van der Waals surface area contributed by atoms with Crippen LogP contribution in [-0.4, -0.2) is 8.42 Å². The monoisotopic (exact) mass is 414 g/mol. The molecular weight excluding hydrogens is 402 g/mol. The second kappa shape index (κ2) is 7.14. The zero-order chi connectivity index (χ0) is 20.6. The summed E-state index contributed by atoms with van der Waals surface area (Å²) in [5.41, 5.74) is 0.837. The van der Waals surface area contributed by atoms with Crippen molar-refractivity contribution >= 4 is 21.1 Å². The second-order valence-electron chi connectivity index (χ2n) is 6.11. The Balaban J connectivity index is 1.72. The minimum absolute atomic E-state index is 0.0990. The third-order valence-electron chi connectivity index (χ3n) is 4.20. The van der Waals surface area contributed by atoms with E-state index in [0.717, 1.165) is 12.1 Å². The molecule has 0 saturated carbocycles. The Labute approximate surface area is 163 Å². The van der Waals surface area contributed by atoms with Crippen molar-refractivity contribution in [2.75, 3.05) is 0 Å². The van der Waals surface area contributed by atoms with Gasteiger partial charge in [-0.3, -0.25) is 4.79 Å². The molecule has 29 heavy (non-hydrogen) atoms. The summed E-state index contributed by atoms with van der Waals surface area (Å²) >= 11 is 0. The summed E-state index contributed by atoms with van der Waals surface area (Å²) in [6.45, 7) is 0.